The Labute approximate surface area is 159 Å². The highest BCUT2D eigenvalue weighted by molar-refractivity contribution is 7.90. The van der Waals surface area contributed by atoms with Gasteiger partial charge in [-0.25, -0.2) is 8.42 Å². The van der Waals surface area contributed by atoms with E-state index >= 15 is 0 Å². The molecule has 1 fully saturated rings. The normalized spacial score (nSPS) is 16.5. The van der Waals surface area contributed by atoms with Gasteiger partial charge in [0.2, 0.25) is 5.91 Å². The zero-order chi connectivity index (χ0) is 17.9. The van der Waals surface area contributed by atoms with Gasteiger partial charge in [-0.3, -0.25) is 9.48 Å². The van der Waals surface area contributed by atoms with Crippen LogP contribution < -0.4 is 10.6 Å². The Bertz CT molecular complexity index is 829. The van der Waals surface area contributed by atoms with Gasteiger partial charge < -0.3 is 10.6 Å². The lowest BCUT2D eigenvalue weighted by molar-refractivity contribution is -0.132. The number of halogens is 1. The van der Waals surface area contributed by atoms with E-state index in [4.69, 9.17) is 0 Å². The zero-order valence-corrected chi connectivity index (χ0v) is 16.1. The van der Waals surface area contributed by atoms with Crippen LogP contribution in [0.25, 0.3) is 0 Å². The van der Waals surface area contributed by atoms with Gasteiger partial charge in [0, 0.05) is 25.2 Å². The predicted octanol–water partition coefficient (Wildman–Crippen LogP) is 1.10. The van der Waals surface area contributed by atoms with Crippen LogP contribution >= 0.6 is 12.4 Å². The Morgan fingerprint density at radius 2 is 1.92 bits per heavy atom. The molecular formula is C17H23ClN4O3S. The first-order valence-corrected chi connectivity index (χ1v) is 10.1. The summed E-state index contributed by atoms with van der Waals surface area (Å²) >= 11 is 0. The first-order chi connectivity index (χ1) is 11.9. The van der Waals surface area contributed by atoms with Gasteiger partial charge in [-0.15, -0.1) is 12.4 Å². The van der Waals surface area contributed by atoms with Crippen molar-refractivity contribution in [3.63, 3.8) is 0 Å². The Morgan fingerprint density at radius 1 is 1.27 bits per heavy atom. The lowest BCUT2D eigenvalue weighted by Crippen LogP contribution is -2.54. The zero-order valence-electron chi connectivity index (χ0n) is 14.5. The molecule has 0 bridgehead atoms. The Kier molecular flexibility index (Phi) is 6.44. The van der Waals surface area contributed by atoms with E-state index in [0.29, 0.717) is 19.4 Å². The van der Waals surface area contributed by atoms with Crippen molar-refractivity contribution < 1.29 is 13.2 Å². The highest BCUT2D eigenvalue weighted by Crippen LogP contribution is 2.27. The van der Waals surface area contributed by atoms with Crippen molar-refractivity contribution in [2.24, 2.45) is 0 Å². The molecule has 1 aliphatic heterocycles. The summed E-state index contributed by atoms with van der Waals surface area (Å²) in [5.41, 5.74) is 0.173. The van der Waals surface area contributed by atoms with Gasteiger partial charge in [-0.1, -0.05) is 12.1 Å². The quantitative estimate of drug-likeness (QED) is 0.786. The fourth-order valence-corrected chi connectivity index (χ4v) is 3.75. The first kappa shape index (κ1) is 20.4. The van der Waals surface area contributed by atoms with Crippen LogP contribution in [0.1, 0.15) is 18.4 Å². The minimum Gasteiger partial charge on any atom is -0.350 e. The first-order valence-electron chi connectivity index (χ1n) is 8.20. The minimum absolute atomic E-state index is 0. The molecule has 1 aromatic heterocycles. The number of carbonyl (C=O) groups excluding carboxylic acids is 1. The predicted molar refractivity (Wildman–Crippen MR) is 101 cm³/mol. The SMILES string of the molecule is CS(=O)(=O)c1ccc(CNC(=O)C2(n3cccn3)CCNCC2)cc1.Cl. The summed E-state index contributed by atoms with van der Waals surface area (Å²) < 4.78 is 24.8. The fraction of sp³-hybridized carbons (Fsp3) is 0.412. The molecule has 7 nitrogen and oxygen atoms in total. The smallest absolute Gasteiger partial charge is 0.248 e. The number of hydrogen-bond acceptors (Lipinski definition) is 5. The van der Waals surface area contributed by atoms with Crippen LogP contribution in [0.4, 0.5) is 0 Å². The second-order valence-electron chi connectivity index (χ2n) is 6.33. The number of nitrogens with one attached hydrogen (secondary N) is 2. The number of nitrogens with zero attached hydrogens (tertiary/aromatic N) is 2. The molecule has 0 saturated carbocycles. The van der Waals surface area contributed by atoms with Crippen LogP contribution in [-0.4, -0.2) is 43.5 Å². The molecule has 0 unspecified atom stereocenters. The van der Waals surface area contributed by atoms with E-state index < -0.39 is 15.4 Å². The molecule has 26 heavy (non-hydrogen) atoms. The van der Waals surface area contributed by atoms with Gasteiger partial charge >= 0.3 is 0 Å². The minimum atomic E-state index is -3.21. The van der Waals surface area contributed by atoms with Crippen LogP contribution in [-0.2, 0) is 26.7 Å². The molecule has 1 amide bonds. The van der Waals surface area contributed by atoms with E-state index in [-0.39, 0.29) is 23.2 Å². The fourth-order valence-electron chi connectivity index (χ4n) is 3.12. The van der Waals surface area contributed by atoms with E-state index in [1.165, 1.54) is 6.26 Å². The summed E-state index contributed by atoms with van der Waals surface area (Å²) in [5, 5.41) is 10.5. The van der Waals surface area contributed by atoms with E-state index in [2.05, 4.69) is 15.7 Å². The van der Waals surface area contributed by atoms with Crippen molar-refractivity contribution in [3.05, 3.63) is 48.3 Å². The van der Waals surface area contributed by atoms with Gasteiger partial charge in [0.15, 0.2) is 9.84 Å². The topological polar surface area (TPSA) is 93.1 Å². The summed E-state index contributed by atoms with van der Waals surface area (Å²) in [6.45, 7) is 1.87. The Morgan fingerprint density at radius 3 is 2.46 bits per heavy atom. The standard InChI is InChI=1S/C17H22N4O3S.ClH/c1-25(23,24)15-5-3-14(4-6-15)13-19-16(22)17(7-10-18-11-8-17)21-12-2-9-20-21;/h2-6,9,12,18H,7-8,10-11,13H2,1H3,(H,19,22);1H. The van der Waals surface area contributed by atoms with Crippen LogP contribution in [0, 0.1) is 0 Å². The molecule has 0 spiro atoms. The summed E-state index contributed by atoms with van der Waals surface area (Å²) in [5.74, 6) is -0.0649. The molecule has 1 saturated heterocycles. The number of piperidine rings is 1. The molecule has 142 valence electrons. The van der Waals surface area contributed by atoms with Gasteiger partial charge in [0.1, 0.15) is 5.54 Å². The summed E-state index contributed by atoms with van der Waals surface area (Å²) in [6.07, 6.45) is 6.03. The maximum Gasteiger partial charge on any atom is 0.248 e. The number of rotatable bonds is 5. The Hall–Kier alpha value is -1.90. The number of amides is 1. The second-order valence-corrected chi connectivity index (χ2v) is 8.35. The lowest BCUT2D eigenvalue weighted by Gasteiger charge is -2.36. The Balaban J connectivity index is 0.00000243. The average molecular weight is 399 g/mol. The number of carbonyl (C=O) groups is 1. The molecule has 0 atom stereocenters. The van der Waals surface area contributed by atoms with Crippen molar-refractivity contribution in [2.75, 3.05) is 19.3 Å². The number of hydrogen-bond donors (Lipinski definition) is 2. The van der Waals surface area contributed by atoms with Crippen molar-refractivity contribution in [2.45, 2.75) is 29.8 Å². The highest BCUT2D eigenvalue weighted by Gasteiger charge is 2.41. The maximum absolute atomic E-state index is 12.9. The third kappa shape index (κ3) is 4.25. The second kappa shape index (κ2) is 8.20. The number of aromatic nitrogens is 2. The average Bonchev–Trinajstić information content (AvgIpc) is 3.15. The molecule has 0 aliphatic carbocycles. The van der Waals surface area contributed by atoms with Crippen LogP contribution in [0.3, 0.4) is 0 Å². The lowest BCUT2D eigenvalue weighted by atomic mass is 9.87. The largest absolute Gasteiger partial charge is 0.350 e. The van der Waals surface area contributed by atoms with Gasteiger partial charge in [0.05, 0.1) is 4.90 Å². The molecular weight excluding hydrogens is 376 g/mol. The molecule has 0 radical (unpaired) electrons. The van der Waals surface area contributed by atoms with Crippen molar-refractivity contribution in [1.82, 2.24) is 20.4 Å². The molecule has 2 aromatic rings. The third-order valence-corrected chi connectivity index (χ3v) is 5.73. The molecule has 2 N–H and O–H groups in total. The van der Waals surface area contributed by atoms with E-state index in [0.717, 1.165) is 18.7 Å². The molecule has 1 aromatic carbocycles. The maximum atomic E-state index is 12.9. The van der Waals surface area contributed by atoms with Gasteiger partial charge in [-0.2, -0.15) is 5.10 Å². The van der Waals surface area contributed by atoms with E-state index in [9.17, 15) is 13.2 Å². The van der Waals surface area contributed by atoms with Crippen LogP contribution in [0.15, 0.2) is 47.6 Å². The van der Waals surface area contributed by atoms with Crippen LogP contribution in [0.5, 0.6) is 0 Å². The molecule has 2 heterocycles. The van der Waals surface area contributed by atoms with Gasteiger partial charge in [-0.05, 0) is 49.7 Å². The summed E-state index contributed by atoms with van der Waals surface area (Å²) in [7, 11) is -3.21. The van der Waals surface area contributed by atoms with Crippen molar-refractivity contribution in [1.29, 1.82) is 0 Å². The summed E-state index contributed by atoms with van der Waals surface area (Å²) in [4.78, 5) is 13.2. The summed E-state index contributed by atoms with van der Waals surface area (Å²) in [6, 6.07) is 8.38. The number of sulfone groups is 1. The van der Waals surface area contributed by atoms with E-state index in [1.807, 2.05) is 12.3 Å². The monoisotopic (exact) mass is 398 g/mol. The van der Waals surface area contributed by atoms with Gasteiger partial charge in [0.25, 0.3) is 0 Å². The molecule has 9 heteroatoms. The molecule has 1 aliphatic rings. The third-order valence-electron chi connectivity index (χ3n) is 4.60. The van der Waals surface area contributed by atoms with Crippen molar-refractivity contribution >= 4 is 28.2 Å². The highest BCUT2D eigenvalue weighted by atomic mass is 35.5. The molecule has 3 rings (SSSR count). The van der Waals surface area contributed by atoms with Crippen LogP contribution in [0.2, 0.25) is 0 Å². The van der Waals surface area contributed by atoms with E-state index in [1.54, 1.807) is 35.1 Å². The number of benzene rings is 1. The van der Waals surface area contributed by atoms with Crippen molar-refractivity contribution in [3.8, 4) is 0 Å².